The van der Waals surface area contributed by atoms with Gasteiger partial charge in [0, 0.05) is 26.7 Å². The molecule has 0 heterocycles. The highest BCUT2D eigenvalue weighted by molar-refractivity contribution is 5.79. The fourth-order valence-electron chi connectivity index (χ4n) is 2.63. The molecule has 0 unspecified atom stereocenters. The Bertz CT molecular complexity index is 471. The van der Waals surface area contributed by atoms with Gasteiger partial charge in [0.25, 0.3) is 0 Å². The lowest BCUT2D eigenvalue weighted by molar-refractivity contribution is 0.146. The Labute approximate surface area is 133 Å². The van der Waals surface area contributed by atoms with Gasteiger partial charge < -0.3 is 20.1 Å². The number of aliphatic imine (C=N–C) groups is 1. The van der Waals surface area contributed by atoms with Crippen LogP contribution in [0.25, 0.3) is 0 Å². The van der Waals surface area contributed by atoms with E-state index in [4.69, 9.17) is 9.47 Å². The first-order valence-corrected chi connectivity index (χ1v) is 7.99. The summed E-state index contributed by atoms with van der Waals surface area (Å²) in [6, 6.07) is 8.66. The number of nitrogens with zero attached hydrogens (tertiary/aromatic N) is 1. The maximum absolute atomic E-state index is 5.63. The summed E-state index contributed by atoms with van der Waals surface area (Å²) in [6.07, 6.45) is 5.11. The number of guanidine groups is 1. The monoisotopic (exact) mass is 305 g/mol. The SMILES string of the molecule is CN=C(NCc1cccc(OCCOC)c1)NC1CCCC1. The molecule has 2 rings (SSSR count). The lowest BCUT2D eigenvalue weighted by Gasteiger charge is -2.17. The van der Waals surface area contributed by atoms with E-state index in [2.05, 4.69) is 21.7 Å². The van der Waals surface area contributed by atoms with Crippen LogP contribution in [0.4, 0.5) is 0 Å². The van der Waals surface area contributed by atoms with Crippen LogP contribution in [0.15, 0.2) is 29.3 Å². The second-order valence-corrected chi connectivity index (χ2v) is 5.54. The number of methoxy groups -OCH3 is 1. The average Bonchev–Trinajstić information content (AvgIpc) is 3.05. The highest BCUT2D eigenvalue weighted by Gasteiger charge is 2.15. The van der Waals surface area contributed by atoms with Crippen molar-refractivity contribution in [1.82, 2.24) is 10.6 Å². The van der Waals surface area contributed by atoms with Gasteiger partial charge in [-0.3, -0.25) is 4.99 Å². The van der Waals surface area contributed by atoms with Gasteiger partial charge in [0.1, 0.15) is 12.4 Å². The molecule has 0 atom stereocenters. The third kappa shape index (κ3) is 5.56. The predicted octanol–water partition coefficient (Wildman–Crippen LogP) is 2.32. The van der Waals surface area contributed by atoms with Gasteiger partial charge in [-0.2, -0.15) is 0 Å². The Hall–Kier alpha value is -1.75. The summed E-state index contributed by atoms with van der Waals surface area (Å²) in [6.45, 7) is 1.90. The third-order valence-corrected chi connectivity index (χ3v) is 3.83. The lowest BCUT2D eigenvalue weighted by Crippen LogP contribution is -2.41. The molecule has 5 nitrogen and oxygen atoms in total. The van der Waals surface area contributed by atoms with Gasteiger partial charge in [-0.15, -0.1) is 0 Å². The molecule has 0 aromatic heterocycles. The summed E-state index contributed by atoms with van der Waals surface area (Å²) < 4.78 is 10.6. The summed E-state index contributed by atoms with van der Waals surface area (Å²) in [5, 5.41) is 6.85. The van der Waals surface area contributed by atoms with E-state index >= 15 is 0 Å². The highest BCUT2D eigenvalue weighted by Crippen LogP contribution is 2.17. The normalized spacial score (nSPS) is 15.8. The Balaban J connectivity index is 1.80. The molecule has 0 saturated heterocycles. The fourth-order valence-corrected chi connectivity index (χ4v) is 2.63. The van der Waals surface area contributed by atoms with E-state index in [1.54, 1.807) is 7.11 Å². The molecular formula is C17H27N3O2. The minimum absolute atomic E-state index is 0.565. The molecule has 122 valence electrons. The van der Waals surface area contributed by atoms with E-state index in [0.717, 1.165) is 18.3 Å². The van der Waals surface area contributed by atoms with Crippen molar-refractivity contribution in [2.75, 3.05) is 27.4 Å². The van der Waals surface area contributed by atoms with E-state index in [0.29, 0.717) is 19.3 Å². The maximum atomic E-state index is 5.63. The van der Waals surface area contributed by atoms with Gasteiger partial charge in [0.15, 0.2) is 5.96 Å². The molecule has 1 aromatic carbocycles. The van der Waals surface area contributed by atoms with Gasteiger partial charge in [-0.1, -0.05) is 25.0 Å². The van der Waals surface area contributed by atoms with Gasteiger partial charge in [0.2, 0.25) is 0 Å². The van der Waals surface area contributed by atoms with Crippen LogP contribution in [0, 0.1) is 0 Å². The van der Waals surface area contributed by atoms with Crippen molar-refractivity contribution >= 4 is 5.96 Å². The second kappa shape index (κ2) is 9.30. The number of hydrogen-bond acceptors (Lipinski definition) is 3. The standard InChI is InChI=1S/C17H27N3O2/c1-18-17(20-15-7-3-4-8-15)19-13-14-6-5-9-16(12-14)22-11-10-21-2/h5-6,9,12,15H,3-4,7-8,10-11,13H2,1-2H3,(H2,18,19,20). The van der Waals surface area contributed by atoms with Gasteiger partial charge >= 0.3 is 0 Å². The van der Waals surface area contributed by atoms with Crippen LogP contribution in [0.5, 0.6) is 5.75 Å². The largest absolute Gasteiger partial charge is 0.491 e. The first kappa shape index (κ1) is 16.6. The van der Waals surface area contributed by atoms with E-state index in [1.807, 2.05) is 25.2 Å². The molecule has 1 saturated carbocycles. The number of benzene rings is 1. The predicted molar refractivity (Wildman–Crippen MR) is 89.4 cm³/mol. The van der Waals surface area contributed by atoms with Gasteiger partial charge in [0.05, 0.1) is 6.61 Å². The summed E-state index contributed by atoms with van der Waals surface area (Å²) in [5.41, 5.74) is 1.17. The van der Waals surface area contributed by atoms with Crippen LogP contribution >= 0.6 is 0 Å². The topological polar surface area (TPSA) is 54.9 Å². The molecule has 0 bridgehead atoms. The van der Waals surface area contributed by atoms with Gasteiger partial charge in [-0.05, 0) is 30.5 Å². The molecule has 5 heteroatoms. The number of ether oxygens (including phenoxy) is 2. The number of hydrogen-bond donors (Lipinski definition) is 2. The van der Waals surface area contributed by atoms with Crippen molar-refractivity contribution < 1.29 is 9.47 Å². The Morgan fingerprint density at radius 3 is 2.82 bits per heavy atom. The molecule has 0 spiro atoms. The molecule has 1 aromatic rings. The first-order valence-electron chi connectivity index (χ1n) is 7.99. The van der Waals surface area contributed by atoms with E-state index in [9.17, 15) is 0 Å². The Morgan fingerprint density at radius 1 is 1.27 bits per heavy atom. The van der Waals surface area contributed by atoms with Crippen molar-refractivity contribution in [3.63, 3.8) is 0 Å². The van der Waals surface area contributed by atoms with Crippen molar-refractivity contribution in [3.05, 3.63) is 29.8 Å². The molecule has 0 amide bonds. The quantitative estimate of drug-likeness (QED) is 0.461. The number of nitrogens with one attached hydrogen (secondary N) is 2. The van der Waals surface area contributed by atoms with E-state index in [1.165, 1.54) is 31.2 Å². The summed E-state index contributed by atoms with van der Waals surface area (Å²) in [5.74, 6) is 1.74. The fraction of sp³-hybridized carbons (Fsp3) is 0.588. The summed E-state index contributed by atoms with van der Waals surface area (Å²) in [4.78, 5) is 4.30. The molecule has 0 radical (unpaired) electrons. The minimum atomic E-state index is 0.565. The van der Waals surface area contributed by atoms with Crippen molar-refractivity contribution in [3.8, 4) is 5.75 Å². The summed E-state index contributed by atoms with van der Waals surface area (Å²) in [7, 11) is 3.49. The molecule has 22 heavy (non-hydrogen) atoms. The maximum Gasteiger partial charge on any atom is 0.191 e. The zero-order valence-electron chi connectivity index (χ0n) is 13.6. The molecule has 1 fully saturated rings. The van der Waals surface area contributed by atoms with Crippen LogP contribution in [0.3, 0.4) is 0 Å². The van der Waals surface area contributed by atoms with Crippen LogP contribution < -0.4 is 15.4 Å². The third-order valence-electron chi connectivity index (χ3n) is 3.83. The molecule has 1 aliphatic carbocycles. The van der Waals surface area contributed by atoms with Crippen molar-refractivity contribution in [2.24, 2.45) is 4.99 Å². The highest BCUT2D eigenvalue weighted by atomic mass is 16.5. The second-order valence-electron chi connectivity index (χ2n) is 5.54. The molecule has 2 N–H and O–H groups in total. The van der Waals surface area contributed by atoms with Gasteiger partial charge in [-0.25, -0.2) is 0 Å². The molecule has 1 aliphatic rings. The number of rotatable bonds is 7. The van der Waals surface area contributed by atoms with E-state index < -0.39 is 0 Å². The summed E-state index contributed by atoms with van der Waals surface area (Å²) >= 11 is 0. The van der Waals surface area contributed by atoms with Crippen LogP contribution in [-0.2, 0) is 11.3 Å². The zero-order valence-corrected chi connectivity index (χ0v) is 13.6. The Morgan fingerprint density at radius 2 is 2.09 bits per heavy atom. The smallest absolute Gasteiger partial charge is 0.191 e. The molecular weight excluding hydrogens is 278 g/mol. The van der Waals surface area contributed by atoms with Crippen molar-refractivity contribution in [2.45, 2.75) is 38.3 Å². The Kier molecular flexibility index (Phi) is 7.03. The van der Waals surface area contributed by atoms with Crippen molar-refractivity contribution in [1.29, 1.82) is 0 Å². The lowest BCUT2D eigenvalue weighted by atomic mass is 10.2. The first-order chi connectivity index (χ1) is 10.8. The van der Waals surface area contributed by atoms with Crippen LogP contribution in [-0.4, -0.2) is 39.4 Å². The van der Waals surface area contributed by atoms with E-state index in [-0.39, 0.29) is 0 Å². The zero-order chi connectivity index (χ0) is 15.6. The average molecular weight is 305 g/mol. The minimum Gasteiger partial charge on any atom is -0.491 e. The van der Waals surface area contributed by atoms with Crippen LogP contribution in [0.2, 0.25) is 0 Å². The van der Waals surface area contributed by atoms with Crippen LogP contribution in [0.1, 0.15) is 31.2 Å². The molecule has 0 aliphatic heterocycles.